The first-order valence-corrected chi connectivity index (χ1v) is 10.8. The van der Waals surface area contributed by atoms with Gasteiger partial charge in [0.1, 0.15) is 10.0 Å². The number of thiophene rings is 1. The van der Waals surface area contributed by atoms with Crippen LogP contribution in [-0.4, -0.2) is 26.4 Å². The van der Waals surface area contributed by atoms with Crippen LogP contribution in [0.25, 0.3) is 0 Å². The van der Waals surface area contributed by atoms with Crippen molar-refractivity contribution in [3.05, 3.63) is 52.7 Å². The zero-order chi connectivity index (χ0) is 18.7. The molecule has 1 aliphatic carbocycles. The van der Waals surface area contributed by atoms with Crippen LogP contribution in [-0.2, 0) is 10.0 Å². The van der Waals surface area contributed by atoms with E-state index in [2.05, 4.69) is 10.0 Å². The van der Waals surface area contributed by atoms with Gasteiger partial charge in [0.15, 0.2) is 0 Å². The van der Waals surface area contributed by atoms with Crippen molar-refractivity contribution in [1.29, 1.82) is 0 Å². The summed E-state index contributed by atoms with van der Waals surface area (Å²) < 4.78 is 41.7. The van der Waals surface area contributed by atoms with E-state index >= 15 is 0 Å². The van der Waals surface area contributed by atoms with E-state index in [1.54, 1.807) is 30.5 Å². The molecule has 0 aliphatic heterocycles. The number of sulfonamides is 1. The fourth-order valence-corrected chi connectivity index (χ4v) is 5.48. The van der Waals surface area contributed by atoms with Crippen LogP contribution in [0, 0.1) is 12.7 Å². The van der Waals surface area contributed by atoms with Crippen LogP contribution in [0.3, 0.4) is 0 Å². The lowest BCUT2D eigenvalue weighted by molar-refractivity contribution is 0.0920. The van der Waals surface area contributed by atoms with Gasteiger partial charge in [-0.15, -0.1) is 11.3 Å². The highest BCUT2D eigenvalue weighted by Gasteiger charge is 2.28. The summed E-state index contributed by atoms with van der Waals surface area (Å²) in [5, 5.41) is 4.55. The molecule has 0 saturated heterocycles. The van der Waals surface area contributed by atoms with Crippen molar-refractivity contribution < 1.29 is 17.6 Å². The SMILES string of the molecule is Cc1ccc(C(=O)N[C@@H]2CCC[C@@H](NS(=O)(=O)c3cccs3)C2)c(F)c1. The number of amides is 1. The highest BCUT2D eigenvalue weighted by Crippen LogP contribution is 2.23. The van der Waals surface area contributed by atoms with Gasteiger partial charge >= 0.3 is 0 Å². The molecule has 5 nitrogen and oxygen atoms in total. The normalized spacial score (nSPS) is 20.7. The Kier molecular flexibility index (Phi) is 5.74. The van der Waals surface area contributed by atoms with Crippen LogP contribution in [0.15, 0.2) is 39.9 Å². The Morgan fingerprint density at radius 1 is 1.23 bits per heavy atom. The maximum absolute atomic E-state index is 14.0. The molecule has 8 heteroatoms. The van der Waals surface area contributed by atoms with E-state index in [0.717, 1.165) is 24.8 Å². The number of aryl methyl sites for hydroxylation is 1. The first-order valence-electron chi connectivity index (χ1n) is 8.48. The average molecular weight is 397 g/mol. The number of halogens is 1. The Bertz CT molecular complexity index is 882. The van der Waals surface area contributed by atoms with E-state index < -0.39 is 21.7 Å². The molecule has 26 heavy (non-hydrogen) atoms. The third-order valence-electron chi connectivity index (χ3n) is 4.46. The molecule has 1 aromatic carbocycles. The summed E-state index contributed by atoms with van der Waals surface area (Å²) in [5.41, 5.74) is 0.761. The summed E-state index contributed by atoms with van der Waals surface area (Å²) in [6.07, 6.45) is 2.75. The number of carbonyl (C=O) groups is 1. The van der Waals surface area contributed by atoms with Gasteiger partial charge in [-0.1, -0.05) is 12.1 Å². The molecule has 0 bridgehead atoms. The quantitative estimate of drug-likeness (QED) is 0.815. The van der Waals surface area contributed by atoms with Gasteiger partial charge in [0.25, 0.3) is 5.91 Å². The van der Waals surface area contributed by atoms with Crippen molar-refractivity contribution in [2.75, 3.05) is 0 Å². The van der Waals surface area contributed by atoms with E-state index in [9.17, 15) is 17.6 Å². The summed E-state index contributed by atoms with van der Waals surface area (Å²) in [5.74, 6) is -1.01. The second-order valence-corrected chi connectivity index (χ2v) is 9.46. The van der Waals surface area contributed by atoms with Gasteiger partial charge in [-0.05, 0) is 61.7 Å². The first-order chi connectivity index (χ1) is 12.3. The zero-order valence-electron chi connectivity index (χ0n) is 14.4. The third-order valence-corrected chi connectivity index (χ3v) is 7.38. The maximum atomic E-state index is 14.0. The van der Waals surface area contributed by atoms with Gasteiger partial charge in [-0.25, -0.2) is 17.5 Å². The van der Waals surface area contributed by atoms with E-state index in [-0.39, 0.29) is 21.9 Å². The summed E-state index contributed by atoms with van der Waals surface area (Å²) in [4.78, 5) is 12.3. The molecule has 3 rings (SSSR count). The number of nitrogens with one attached hydrogen (secondary N) is 2. The number of rotatable bonds is 5. The molecular weight excluding hydrogens is 375 g/mol. The van der Waals surface area contributed by atoms with Gasteiger partial charge in [-0.3, -0.25) is 4.79 Å². The molecule has 1 amide bonds. The van der Waals surface area contributed by atoms with Gasteiger partial charge in [0, 0.05) is 12.1 Å². The van der Waals surface area contributed by atoms with Crippen LogP contribution >= 0.6 is 11.3 Å². The Balaban J connectivity index is 1.62. The topological polar surface area (TPSA) is 75.3 Å². The zero-order valence-corrected chi connectivity index (χ0v) is 16.0. The van der Waals surface area contributed by atoms with Crippen molar-refractivity contribution in [2.24, 2.45) is 0 Å². The van der Waals surface area contributed by atoms with Crippen LogP contribution < -0.4 is 10.0 Å². The second kappa shape index (κ2) is 7.85. The van der Waals surface area contributed by atoms with Gasteiger partial charge < -0.3 is 5.32 Å². The minimum absolute atomic E-state index is 0.0110. The van der Waals surface area contributed by atoms with E-state index in [1.807, 2.05) is 0 Å². The van der Waals surface area contributed by atoms with Crippen molar-refractivity contribution in [1.82, 2.24) is 10.0 Å². The van der Waals surface area contributed by atoms with Crippen LogP contribution in [0.4, 0.5) is 4.39 Å². The summed E-state index contributed by atoms with van der Waals surface area (Å²) in [6, 6.07) is 7.32. The fourth-order valence-electron chi connectivity index (χ4n) is 3.19. The molecular formula is C18H21FN2O3S2. The molecule has 0 unspecified atom stereocenters. The van der Waals surface area contributed by atoms with Crippen molar-refractivity contribution in [3.8, 4) is 0 Å². The third kappa shape index (κ3) is 4.49. The second-order valence-electron chi connectivity index (χ2n) is 6.57. The Hall–Kier alpha value is -1.77. The minimum Gasteiger partial charge on any atom is -0.349 e. The average Bonchev–Trinajstić information content (AvgIpc) is 3.10. The molecule has 2 atom stereocenters. The Morgan fingerprint density at radius 3 is 2.69 bits per heavy atom. The Labute approximate surface area is 156 Å². The summed E-state index contributed by atoms with van der Waals surface area (Å²) in [7, 11) is -3.54. The number of carbonyl (C=O) groups excluding carboxylic acids is 1. The minimum atomic E-state index is -3.54. The number of benzene rings is 1. The lowest BCUT2D eigenvalue weighted by atomic mass is 9.91. The smallest absolute Gasteiger partial charge is 0.254 e. The lowest BCUT2D eigenvalue weighted by Gasteiger charge is -2.30. The van der Waals surface area contributed by atoms with Crippen LogP contribution in [0.1, 0.15) is 41.6 Å². The van der Waals surface area contributed by atoms with Crippen LogP contribution in [0.5, 0.6) is 0 Å². The van der Waals surface area contributed by atoms with Gasteiger partial charge in [-0.2, -0.15) is 0 Å². The predicted octanol–water partition coefficient (Wildman–Crippen LogP) is 3.22. The molecule has 1 aromatic heterocycles. The maximum Gasteiger partial charge on any atom is 0.254 e. The molecule has 1 saturated carbocycles. The first kappa shape index (κ1) is 19.0. The molecule has 140 valence electrons. The molecule has 1 aliphatic rings. The molecule has 1 fully saturated rings. The largest absolute Gasteiger partial charge is 0.349 e. The van der Waals surface area contributed by atoms with Gasteiger partial charge in [0.2, 0.25) is 10.0 Å². The standard InChI is InChI=1S/C18H21FN2O3S2/c1-12-7-8-15(16(19)10-12)18(22)20-13-4-2-5-14(11-13)21-26(23,24)17-6-3-9-25-17/h3,6-10,13-14,21H,2,4-5,11H2,1H3,(H,20,22)/t13-,14-/m1/s1. The van der Waals surface area contributed by atoms with Gasteiger partial charge in [0.05, 0.1) is 5.56 Å². The highest BCUT2D eigenvalue weighted by atomic mass is 32.2. The fraction of sp³-hybridized carbons (Fsp3) is 0.389. The van der Waals surface area contributed by atoms with Crippen molar-refractivity contribution in [2.45, 2.75) is 48.9 Å². The molecule has 2 aromatic rings. The van der Waals surface area contributed by atoms with Crippen LogP contribution in [0.2, 0.25) is 0 Å². The van der Waals surface area contributed by atoms with E-state index in [0.29, 0.717) is 6.42 Å². The van der Waals surface area contributed by atoms with Crippen molar-refractivity contribution in [3.63, 3.8) is 0 Å². The molecule has 0 radical (unpaired) electrons. The number of hydrogen-bond acceptors (Lipinski definition) is 4. The molecule has 0 spiro atoms. The molecule has 1 heterocycles. The van der Waals surface area contributed by atoms with E-state index in [1.165, 1.54) is 23.5 Å². The number of hydrogen-bond donors (Lipinski definition) is 2. The molecule has 2 N–H and O–H groups in total. The van der Waals surface area contributed by atoms with Crippen molar-refractivity contribution >= 4 is 27.3 Å². The predicted molar refractivity (Wildman–Crippen MR) is 99.3 cm³/mol. The Morgan fingerprint density at radius 2 is 2.00 bits per heavy atom. The monoisotopic (exact) mass is 396 g/mol. The lowest BCUT2D eigenvalue weighted by Crippen LogP contribution is -2.45. The summed E-state index contributed by atoms with van der Waals surface area (Å²) >= 11 is 1.17. The summed E-state index contributed by atoms with van der Waals surface area (Å²) in [6.45, 7) is 1.76. The highest BCUT2D eigenvalue weighted by molar-refractivity contribution is 7.91. The van der Waals surface area contributed by atoms with E-state index in [4.69, 9.17) is 0 Å².